The molecular formula is C25H26ClN5O4S2. The Labute approximate surface area is 224 Å². The van der Waals surface area contributed by atoms with Crippen LogP contribution in [0.2, 0.25) is 5.02 Å². The van der Waals surface area contributed by atoms with E-state index >= 15 is 0 Å². The van der Waals surface area contributed by atoms with E-state index in [1.807, 2.05) is 25.1 Å². The molecule has 37 heavy (non-hydrogen) atoms. The summed E-state index contributed by atoms with van der Waals surface area (Å²) >= 11 is 7.34. The van der Waals surface area contributed by atoms with Gasteiger partial charge in [-0.1, -0.05) is 11.6 Å². The summed E-state index contributed by atoms with van der Waals surface area (Å²) in [6, 6.07) is 11.5. The highest BCUT2D eigenvalue weighted by molar-refractivity contribution is 7.93. The number of aryl methyl sites for hydroxylation is 1. The van der Waals surface area contributed by atoms with Gasteiger partial charge in [-0.25, -0.2) is 13.4 Å². The third-order valence-electron chi connectivity index (χ3n) is 6.67. The maximum atomic E-state index is 13.4. The predicted octanol–water partition coefficient (Wildman–Crippen LogP) is 3.61. The number of rotatable bonds is 6. The molecule has 2 amide bonds. The summed E-state index contributed by atoms with van der Waals surface area (Å²) in [6.07, 6.45) is 3.37. The molecule has 9 nitrogen and oxygen atoms in total. The first-order chi connectivity index (χ1) is 17.7. The number of sulfonamides is 1. The van der Waals surface area contributed by atoms with E-state index in [1.54, 1.807) is 27.3 Å². The minimum atomic E-state index is -3.78. The molecule has 2 aliphatic heterocycles. The Kier molecular flexibility index (Phi) is 7.11. The van der Waals surface area contributed by atoms with E-state index < -0.39 is 16.1 Å². The summed E-state index contributed by atoms with van der Waals surface area (Å²) in [5, 5.41) is 2.65. The Morgan fingerprint density at radius 3 is 2.62 bits per heavy atom. The summed E-state index contributed by atoms with van der Waals surface area (Å²) in [6.45, 7) is 3.33. The Balaban J connectivity index is 1.24. The van der Waals surface area contributed by atoms with Crippen molar-refractivity contribution in [2.75, 3.05) is 40.7 Å². The molecule has 0 bridgehead atoms. The minimum absolute atomic E-state index is 0.0316. The fourth-order valence-electron chi connectivity index (χ4n) is 4.78. The van der Waals surface area contributed by atoms with Gasteiger partial charge in [0.25, 0.3) is 10.0 Å². The highest BCUT2D eigenvalue weighted by Crippen LogP contribution is 2.31. The number of piperazine rings is 1. The van der Waals surface area contributed by atoms with Gasteiger partial charge in [-0.2, -0.15) is 0 Å². The van der Waals surface area contributed by atoms with Crippen LogP contribution in [0.1, 0.15) is 18.9 Å². The van der Waals surface area contributed by atoms with Gasteiger partial charge >= 0.3 is 0 Å². The molecule has 1 atom stereocenters. The van der Waals surface area contributed by atoms with Crippen LogP contribution in [0, 0.1) is 0 Å². The molecule has 1 N–H and O–H groups in total. The number of thiazole rings is 1. The average molecular weight is 560 g/mol. The van der Waals surface area contributed by atoms with E-state index in [-0.39, 0.29) is 28.4 Å². The van der Waals surface area contributed by atoms with Gasteiger partial charge < -0.3 is 14.7 Å². The first kappa shape index (κ1) is 25.5. The minimum Gasteiger partial charge on any atom is -0.360 e. The molecule has 1 aromatic heterocycles. The van der Waals surface area contributed by atoms with Crippen molar-refractivity contribution in [3.05, 3.63) is 64.6 Å². The fourth-order valence-corrected chi connectivity index (χ4v) is 6.77. The number of hydrogen-bond donors (Lipinski definition) is 1. The van der Waals surface area contributed by atoms with Crippen molar-refractivity contribution in [3.8, 4) is 0 Å². The van der Waals surface area contributed by atoms with Crippen LogP contribution in [0.15, 0.2) is 58.9 Å². The molecule has 0 saturated carbocycles. The van der Waals surface area contributed by atoms with Gasteiger partial charge in [0, 0.05) is 47.6 Å². The normalized spacial score (nSPS) is 16.9. The fraction of sp³-hybridized carbons (Fsp3) is 0.320. The maximum Gasteiger partial charge on any atom is 0.263 e. The monoisotopic (exact) mass is 559 g/mol. The second-order valence-corrected chi connectivity index (χ2v) is 12.0. The lowest BCUT2D eigenvalue weighted by Gasteiger charge is -2.40. The van der Waals surface area contributed by atoms with E-state index in [1.165, 1.54) is 29.7 Å². The van der Waals surface area contributed by atoms with Gasteiger partial charge in [0.05, 0.1) is 4.90 Å². The molecule has 1 saturated heterocycles. The zero-order valence-corrected chi connectivity index (χ0v) is 22.5. The number of hydrogen-bond acceptors (Lipinski definition) is 7. The third-order valence-corrected chi connectivity index (χ3v) is 9.07. The molecule has 194 valence electrons. The molecule has 0 unspecified atom stereocenters. The number of nitrogens with one attached hydrogen (secondary N) is 1. The molecule has 2 aromatic carbocycles. The lowest BCUT2D eigenvalue weighted by molar-refractivity contribution is -0.137. The number of anilines is 3. The quantitative estimate of drug-likeness (QED) is 0.495. The second-order valence-electron chi connectivity index (χ2n) is 8.99. The van der Waals surface area contributed by atoms with Crippen molar-refractivity contribution in [2.45, 2.75) is 30.7 Å². The van der Waals surface area contributed by atoms with Gasteiger partial charge in [-0.15, -0.1) is 11.3 Å². The molecule has 0 aliphatic carbocycles. The molecule has 3 heterocycles. The molecule has 12 heteroatoms. The van der Waals surface area contributed by atoms with E-state index in [0.29, 0.717) is 23.8 Å². The van der Waals surface area contributed by atoms with Crippen LogP contribution in [-0.4, -0.2) is 62.3 Å². The number of benzene rings is 2. The van der Waals surface area contributed by atoms with Crippen molar-refractivity contribution in [1.29, 1.82) is 0 Å². The number of nitrogens with zero attached hydrogens (tertiary/aromatic N) is 4. The maximum absolute atomic E-state index is 13.4. The number of amides is 2. The summed E-state index contributed by atoms with van der Waals surface area (Å²) in [7, 11) is -3.78. The van der Waals surface area contributed by atoms with Gasteiger partial charge in [0.1, 0.15) is 12.6 Å². The highest BCUT2D eigenvalue weighted by atomic mass is 35.5. The van der Waals surface area contributed by atoms with E-state index in [2.05, 4.69) is 14.6 Å². The topological polar surface area (TPSA) is 103 Å². The van der Waals surface area contributed by atoms with Crippen LogP contribution in [0.25, 0.3) is 0 Å². The Morgan fingerprint density at radius 1 is 1.14 bits per heavy atom. The van der Waals surface area contributed by atoms with Crippen LogP contribution >= 0.6 is 22.9 Å². The molecule has 2 aliphatic rings. The highest BCUT2D eigenvalue weighted by Gasteiger charge is 2.34. The van der Waals surface area contributed by atoms with Crippen LogP contribution in [0.4, 0.5) is 16.5 Å². The number of fused-ring (bicyclic) bond motifs is 1. The first-order valence-electron chi connectivity index (χ1n) is 11.9. The molecular weight excluding hydrogens is 534 g/mol. The van der Waals surface area contributed by atoms with Gasteiger partial charge in [0.2, 0.25) is 11.8 Å². The summed E-state index contributed by atoms with van der Waals surface area (Å²) < 4.78 is 27.6. The molecule has 1 fully saturated rings. The Bertz CT molecular complexity index is 1410. The zero-order chi connectivity index (χ0) is 26.2. The summed E-state index contributed by atoms with van der Waals surface area (Å²) in [5.74, 6) is -0.306. The van der Waals surface area contributed by atoms with E-state index in [9.17, 15) is 18.0 Å². The number of carbonyl (C=O) groups is 2. The zero-order valence-electron chi connectivity index (χ0n) is 20.1. The Hall–Kier alpha value is -3.15. The average Bonchev–Trinajstić information content (AvgIpc) is 3.39. The lowest BCUT2D eigenvalue weighted by Crippen LogP contribution is -2.57. The van der Waals surface area contributed by atoms with Crippen molar-refractivity contribution < 1.29 is 18.0 Å². The lowest BCUT2D eigenvalue weighted by atomic mass is 10.00. The van der Waals surface area contributed by atoms with Crippen molar-refractivity contribution >= 4 is 61.3 Å². The second kappa shape index (κ2) is 10.3. The van der Waals surface area contributed by atoms with Crippen LogP contribution in [0.3, 0.4) is 0 Å². The van der Waals surface area contributed by atoms with E-state index in [4.69, 9.17) is 11.6 Å². The third kappa shape index (κ3) is 5.29. The molecule has 0 spiro atoms. The van der Waals surface area contributed by atoms with E-state index in [0.717, 1.165) is 30.6 Å². The summed E-state index contributed by atoms with van der Waals surface area (Å²) in [5.41, 5.74) is 2.73. The van der Waals surface area contributed by atoms with Crippen LogP contribution in [-0.2, 0) is 26.0 Å². The predicted molar refractivity (Wildman–Crippen MR) is 145 cm³/mol. The smallest absolute Gasteiger partial charge is 0.263 e. The van der Waals surface area contributed by atoms with Gasteiger partial charge in [0.15, 0.2) is 5.13 Å². The molecule has 3 aromatic rings. The van der Waals surface area contributed by atoms with Crippen molar-refractivity contribution in [2.24, 2.45) is 0 Å². The SMILES string of the molecule is C[C@H](C(=O)N1CCN(c2ccc(S(=O)(=O)Nc3nccs3)cc2)C(=O)C1)N1CCCc2cc(Cl)ccc21. The van der Waals surface area contributed by atoms with Crippen molar-refractivity contribution in [1.82, 2.24) is 9.88 Å². The van der Waals surface area contributed by atoms with Gasteiger partial charge in [-0.05, 0) is 67.8 Å². The van der Waals surface area contributed by atoms with Crippen LogP contribution < -0.4 is 14.5 Å². The van der Waals surface area contributed by atoms with Crippen LogP contribution in [0.5, 0.6) is 0 Å². The molecule has 5 rings (SSSR count). The number of carbonyl (C=O) groups excluding carboxylic acids is 2. The Morgan fingerprint density at radius 2 is 1.92 bits per heavy atom. The number of aromatic nitrogens is 1. The summed E-state index contributed by atoms with van der Waals surface area (Å²) in [4.78, 5) is 35.6. The van der Waals surface area contributed by atoms with Gasteiger partial charge in [-0.3, -0.25) is 14.3 Å². The standard InChI is InChI=1S/C25H26ClN5O4S2/c1-17(30-11-2-3-18-15-19(26)4-9-22(18)30)24(33)29-12-13-31(23(32)16-29)20-5-7-21(8-6-20)37(34,35)28-25-27-10-14-36-25/h4-10,14-15,17H,2-3,11-13,16H2,1H3,(H,27,28)/t17-/m1/s1. The van der Waals surface area contributed by atoms with Crippen molar-refractivity contribution in [3.63, 3.8) is 0 Å². The molecule has 0 radical (unpaired) electrons. The first-order valence-corrected chi connectivity index (χ1v) is 14.6. The largest absolute Gasteiger partial charge is 0.360 e. The number of halogens is 1.